The minimum Gasteiger partial charge on any atom is -0.487 e. The molecule has 36 heavy (non-hydrogen) atoms. The van der Waals surface area contributed by atoms with Crippen LogP contribution in [0.3, 0.4) is 0 Å². The van der Waals surface area contributed by atoms with Crippen molar-refractivity contribution < 1.29 is 14.3 Å². The molecule has 4 aromatic carbocycles. The van der Waals surface area contributed by atoms with Crippen LogP contribution in [0.2, 0.25) is 5.02 Å². The van der Waals surface area contributed by atoms with Crippen LogP contribution in [0.25, 0.3) is 16.8 Å². The highest BCUT2D eigenvalue weighted by Crippen LogP contribution is 2.38. The number of halogens is 3. The van der Waals surface area contributed by atoms with E-state index in [1.807, 2.05) is 30.3 Å². The van der Waals surface area contributed by atoms with Crippen LogP contribution in [0.4, 0.5) is 4.79 Å². The molecule has 1 saturated heterocycles. The highest BCUT2D eigenvalue weighted by atomic mass is 79.9. The van der Waals surface area contributed by atoms with Gasteiger partial charge in [-0.2, -0.15) is 0 Å². The summed E-state index contributed by atoms with van der Waals surface area (Å²) in [6.07, 6.45) is 1.72. The summed E-state index contributed by atoms with van der Waals surface area (Å²) in [5.74, 6) is 0.347. The molecule has 2 amide bonds. The Kier molecular flexibility index (Phi) is 7.53. The maximum absolute atomic E-state index is 12.9. The van der Waals surface area contributed by atoms with Gasteiger partial charge in [-0.1, -0.05) is 66.2 Å². The molecule has 0 atom stereocenters. The molecule has 0 N–H and O–H groups in total. The minimum atomic E-state index is -0.316. The van der Waals surface area contributed by atoms with Crippen LogP contribution in [0.15, 0.2) is 92.7 Å². The number of fused-ring (bicyclic) bond motifs is 1. The third-order valence-corrected chi connectivity index (χ3v) is 8.04. The second kappa shape index (κ2) is 10.8. The molecule has 1 heterocycles. The molecule has 0 unspecified atom stereocenters. The van der Waals surface area contributed by atoms with Crippen LogP contribution in [0, 0.1) is 0 Å². The molecule has 1 fully saturated rings. The van der Waals surface area contributed by atoms with Crippen LogP contribution >= 0.6 is 55.2 Å². The molecule has 4 nitrogen and oxygen atoms in total. The number of ether oxygens (including phenoxy) is 1. The van der Waals surface area contributed by atoms with Crippen molar-refractivity contribution in [1.82, 2.24) is 4.90 Å². The number of benzene rings is 4. The van der Waals surface area contributed by atoms with Crippen LogP contribution < -0.4 is 4.74 Å². The third kappa shape index (κ3) is 5.39. The van der Waals surface area contributed by atoms with Gasteiger partial charge < -0.3 is 4.74 Å². The molecule has 0 bridgehead atoms. The van der Waals surface area contributed by atoms with Crippen molar-refractivity contribution in [3.8, 4) is 5.75 Å². The summed E-state index contributed by atoms with van der Waals surface area (Å²) in [5.41, 5.74) is 2.69. The average molecular weight is 644 g/mol. The fourth-order valence-corrected chi connectivity index (χ4v) is 6.34. The van der Waals surface area contributed by atoms with Gasteiger partial charge in [0.2, 0.25) is 0 Å². The maximum atomic E-state index is 12.9. The molecule has 0 aliphatic carbocycles. The molecule has 180 valence electrons. The summed E-state index contributed by atoms with van der Waals surface area (Å²) in [5, 5.41) is 2.62. The van der Waals surface area contributed by atoms with E-state index < -0.39 is 0 Å². The molecule has 5 rings (SSSR count). The van der Waals surface area contributed by atoms with Crippen molar-refractivity contribution in [3.05, 3.63) is 114 Å². The number of thioether (sulfide) groups is 1. The Morgan fingerprint density at radius 3 is 2.36 bits per heavy atom. The average Bonchev–Trinajstić information content (AvgIpc) is 3.12. The Morgan fingerprint density at radius 2 is 1.61 bits per heavy atom. The first kappa shape index (κ1) is 25.1. The highest BCUT2D eigenvalue weighted by Gasteiger charge is 2.35. The molecular formula is C28H18Br2ClNO3S. The lowest BCUT2D eigenvalue weighted by molar-refractivity contribution is -0.123. The molecular weight excluding hydrogens is 626 g/mol. The van der Waals surface area contributed by atoms with Gasteiger partial charge in [-0.3, -0.25) is 14.5 Å². The zero-order chi connectivity index (χ0) is 25.2. The zero-order valence-corrected chi connectivity index (χ0v) is 23.5. The van der Waals surface area contributed by atoms with Crippen molar-refractivity contribution in [2.24, 2.45) is 0 Å². The van der Waals surface area contributed by atoms with Crippen LogP contribution in [-0.2, 0) is 17.9 Å². The first-order chi connectivity index (χ1) is 17.4. The lowest BCUT2D eigenvalue weighted by Gasteiger charge is -2.13. The number of imide groups is 1. The van der Waals surface area contributed by atoms with E-state index in [1.165, 1.54) is 4.90 Å². The molecule has 0 saturated carbocycles. The van der Waals surface area contributed by atoms with Gasteiger partial charge in [-0.25, -0.2) is 0 Å². The smallest absolute Gasteiger partial charge is 0.293 e. The Hall–Kier alpha value is -2.58. The lowest BCUT2D eigenvalue weighted by Crippen LogP contribution is -2.27. The summed E-state index contributed by atoms with van der Waals surface area (Å²) in [4.78, 5) is 27.1. The Morgan fingerprint density at radius 1 is 0.917 bits per heavy atom. The molecule has 1 aliphatic heterocycles. The largest absolute Gasteiger partial charge is 0.487 e. The topological polar surface area (TPSA) is 46.6 Å². The Bertz CT molecular complexity index is 1490. The van der Waals surface area contributed by atoms with Gasteiger partial charge in [0.15, 0.2) is 0 Å². The SMILES string of the molecule is O=C1S/C(=C\c2cc(Br)c(OCc3cccc4ccccc34)c(Br)c2)C(=O)N1Cc1ccc(Cl)cc1. The summed E-state index contributed by atoms with van der Waals surface area (Å²) in [7, 11) is 0. The van der Waals surface area contributed by atoms with Gasteiger partial charge in [-0.15, -0.1) is 0 Å². The van der Waals surface area contributed by atoms with Crippen molar-refractivity contribution in [1.29, 1.82) is 0 Å². The van der Waals surface area contributed by atoms with Gasteiger partial charge in [0.25, 0.3) is 11.1 Å². The number of hydrogen-bond donors (Lipinski definition) is 0. The zero-order valence-electron chi connectivity index (χ0n) is 18.7. The predicted molar refractivity (Wildman–Crippen MR) is 153 cm³/mol. The van der Waals surface area contributed by atoms with Crippen LogP contribution in [0.5, 0.6) is 5.75 Å². The standard InChI is InChI=1S/C28H18Br2ClNO3S/c29-23-12-18(14-25-27(33)32(28(34)36-25)15-17-8-10-21(31)11-9-17)13-24(30)26(23)35-16-20-6-3-5-19-4-1-2-7-22(19)20/h1-14H,15-16H2/b25-14-. The van der Waals surface area contributed by atoms with Gasteiger partial charge in [0, 0.05) is 5.02 Å². The number of nitrogens with zero attached hydrogens (tertiary/aromatic N) is 1. The second-order valence-electron chi connectivity index (χ2n) is 8.13. The van der Waals surface area contributed by atoms with E-state index in [9.17, 15) is 9.59 Å². The summed E-state index contributed by atoms with van der Waals surface area (Å²) >= 11 is 14.1. The third-order valence-electron chi connectivity index (χ3n) is 5.70. The number of hydrogen-bond acceptors (Lipinski definition) is 4. The Balaban J connectivity index is 1.33. The number of carbonyl (C=O) groups is 2. The van der Waals surface area contributed by atoms with E-state index in [1.54, 1.807) is 30.3 Å². The molecule has 0 radical (unpaired) electrons. The van der Waals surface area contributed by atoms with Gasteiger partial charge >= 0.3 is 0 Å². The maximum Gasteiger partial charge on any atom is 0.293 e. The lowest BCUT2D eigenvalue weighted by atomic mass is 10.1. The minimum absolute atomic E-state index is 0.202. The van der Waals surface area contributed by atoms with E-state index >= 15 is 0 Å². The molecule has 8 heteroatoms. The number of carbonyl (C=O) groups excluding carboxylic acids is 2. The van der Waals surface area contributed by atoms with E-state index in [0.717, 1.165) is 48.2 Å². The summed E-state index contributed by atoms with van der Waals surface area (Å²) < 4.78 is 7.64. The molecule has 1 aliphatic rings. The van der Waals surface area contributed by atoms with Crippen molar-refractivity contribution in [2.45, 2.75) is 13.2 Å². The highest BCUT2D eigenvalue weighted by molar-refractivity contribution is 9.11. The predicted octanol–water partition coefficient (Wildman–Crippen LogP) is 8.83. The molecule has 0 aromatic heterocycles. The summed E-state index contributed by atoms with van der Waals surface area (Å²) in [6.45, 7) is 0.606. The van der Waals surface area contributed by atoms with E-state index in [2.05, 4.69) is 56.1 Å². The second-order valence-corrected chi connectivity index (χ2v) is 11.3. The first-order valence-corrected chi connectivity index (χ1v) is 13.8. The summed E-state index contributed by atoms with van der Waals surface area (Å²) in [6, 6.07) is 25.2. The van der Waals surface area contributed by atoms with E-state index in [4.69, 9.17) is 16.3 Å². The Labute approximate surface area is 234 Å². The molecule has 4 aromatic rings. The van der Waals surface area contributed by atoms with Gasteiger partial charge in [-0.05, 0) is 101 Å². The first-order valence-electron chi connectivity index (χ1n) is 11.0. The quantitative estimate of drug-likeness (QED) is 0.197. The van der Waals surface area contributed by atoms with E-state index in [-0.39, 0.29) is 17.7 Å². The van der Waals surface area contributed by atoms with Crippen LogP contribution in [-0.4, -0.2) is 16.0 Å². The van der Waals surface area contributed by atoms with E-state index in [0.29, 0.717) is 22.3 Å². The number of rotatable bonds is 6. The fraction of sp³-hybridized carbons (Fsp3) is 0.0714. The van der Waals surface area contributed by atoms with Crippen molar-refractivity contribution in [2.75, 3.05) is 0 Å². The monoisotopic (exact) mass is 641 g/mol. The molecule has 0 spiro atoms. The van der Waals surface area contributed by atoms with Crippen molar-refractivity contribution in [3.63, 3.8) is 0 Å². The fourth-order valence-electron chi connectivity index (χ4n) is 3.93. The van der Waals surface area contributed by atoms with Crippen LogP contribution in [0.1, 0.15) is 16.7 Å². The van der Waals surface area contributed by atoms with Crippen molar-refractivity contribution >= 4 is 83.2 Å². The normalized spacial score (nSPS) is 14.8. The van der Waals surface area contributed by atoms with Gasteiger partial charge in [0.05, 0.1) is 20.4 Å². The number of amides is 2. The van der Waals surface area contributed by atoms with Gasteiger partial charge in [0.1, 0.15) is 12.4 Å².